The number of sulfonamides is 1. The molecule has 1 aromatic carbocycles. The van der Waals surface area contributed by atoms with E-state index < -0.39 is 15.9 Å². The Kier molecular flexibility index (Phi) is 4.86. The fourth-order valence-electron chi connectivity index (χ4n) is 1.54. The van der Waals surface area contributed by atoms with Crippen LogP contribution < -0.4 is 10.5 Å². The number of hydrogen-bond acceptors (Lipinski definition) is 3. The molecule has 0 saturated carbocycles. The molecule has 0 spiro atoms. The second-order valence-corrected chi connectivity index (χ2v) is 5.97. The lowest BCUT2D eigenvalue weighted by atomic mass is 10.2. The zero-order chi connectivity index (χ0) is 13.8. The van der Waals surface area contributed by atoms with E-state index in [0.717, 1.165) is 5.56 Å². The topological polar surface area (TPSA) is 89.3 Å². The summed E-state index contributed by atoms with van der Waals surface area (Å²) < 4.78 is 26.5. The van der Waals surface area contributed by atoms with E-state index >= 15 is 0 Å². The third kappa shape index (κ3) is 4.12. The SMILES string of the molecule is Cc1ccc(C)c(S(=O)(=O)NCCCC(N)=O)c1. The first-order valence-electron chi connectivity index (χ1n) is 5.68. The van der Waals surface area contributed by atoms with Gasteiger partial charge in [-0.3, -0.25) is 4.79 Å². The zero-order valence-corrected chi connectivity index (χ0v) is 11.4. The maximum Gasteiger partial charge on any atom is 0.240 e. The van der Waals surface area contributed by atoms with E-state index in [1.807, 2.05) is 13.0 Å². The molecule has 1 rings (SSSR count). The molecule has 0 fully saturated rings. The number of aryl methyl sites for hydroxylation is 2. The average molecular weight is 270 g/mol. The van der Waals surface area contributed by atoms with Crippen LogP contribution in [0.5, 0.6) is 0 Å². The van der Waals surface area contributed by atoms with Crippen molar-refractivity contribution in [2.75, 3.05) is 6.54 Å². The minimum Gasteiger partial charge on any atom is -0.370 e. The number of carbonyl (C=O) groups is 1. The quantitative estimate of drug-likeness (QED) is 0.751. The molecule has 18 heavy (non-hydrogen) atoms. The Morgan fingerprint density at radius 1 is 1.33 bits per heavy atom. The van der Waals surface area contributed by atoms with E-state index in [1.165, 1.54) is 0 Å². The lowest BCUT2D eigenvalue weighted by Gasteiger charge is -2.09. The van der Waals surface area contributed by atoms with Gasteiger partial charge >= 0.3 is 0 Å². The smallest absolute Gasteiger partial charge is 0.240 e. The number of nitrogens with two attached hydrogens (primary N) is 1. The van der Waals surface area contributed by atoms with Crippen molar-refractivity contribution in [2.45, 2.75) is 31.6 Å². The van der Waals surface area contributed by atoms with E-state index in [1.54, 1.807) is 19.1 Å². The van der Waals surface area contributed by atoms with Crippen LogP contribution in [0, 0.1) is 13.8 Å². The van der Waals surface area contributed by atoms with Crippen LogP contribution in [0.3, 0.4) is 0 Å². The first kappa shape index (κ1) is 14.7. The van der Waals surface area contributed by atoms with E-state index in [0.29, 0.717) is 12.0 Å². The third-order valence-corrected chi connectivity index (χ3v) is 4.13. The molecule has 1 aromatic rings. The van der Waals surface area contributed by atoms with E-state index in [2.05, 4.69) is 4.72 Å². The van der Waals surface area contributed by atoms with Gasteiger partial charge in [0.05, 0.1) is 4.90 Å². The van der Waals surface area contributed by atoms with E-state index in [4.69, 9.17) is 5.73 Å². The highest BCUT2D eigenvalue weighted by atomic mass is 32.2. The summed E-state index contributed by atoms with van der Waals surface area (Å²) in [6, 6.07) is 5.26. The number of benzene rings is 1. The van der Waals surface area contributed by atoms with Crippen molar-refractivity contribution in [1.82, 2.24) is 4.72 Å². The molecule has 6 heteroatoms. The second kappa shape index (κ2) is 5.97. The van der Waals surface area contributed by atoms with E-state index in [-0.39, 0.29) is 17.9 Å². The number of rotatable bonds is 6. The van der Waals surface area contributed by atoms with Gasteiger partial charge in [0, 0.05) is 13.0 Å². The van der Waals surface area contributed by atoms with E-state index in [9.17, 15) is 13.2 Å². The Labute approximate surface area is 107 Å². The molecule has 0 aliphatic heterocycles. The average Bonchev–Trinajstić information content (AvgIpc) is 2.27. The minimum atomic E-state index is -3.51. The largest absolute Gasteiger partial charge is 0.370 e. The van der Waals surface area contributed by atoms with Crippen LogP contribution in [0.2, 0.25) is 0 Å². The van der Waals surface area contributed by atoms with Crippen LogP contribution >= 0.6 is 0 Å². The van der Waals surface area contributed by atoms with Crippen molar-refractivity contribution < 1.29 is 13.2 Å². The first-order chi connectivity index (χ1) is 8.33. The molecular weight excluding hydrogens is 252 g/mol. The zero-order valence-electron chi connectivity index (χ0n) is 10.6. The van der Waals surface area contributed by atoms with Gasteiger partial charge in [0.15, 0.2) is 0 Å². The Hall–Kier alpha value is -1.40. The molecule has 0 aliphatic carbocycles. The predicted molar refractivity (Wildman–Crippen MR) is 69.5 cm³/mol. The Balaban J connectivity index is 2.74. The molecule has 0 saturated heterocycles. The number of primary amides is 1. The Bertz CT molecular complexity index is 538. The molecule has 0 bridgehead atoms. The van der Waals surface area contributed by atoms with Gasteiger partial charge in [0.2, 0.25) is 15.9 Å². The van der Waals surface area contributed by atoms with Crippen molar-refractivity contribution in [2.24, 2.45) is 5.73 Å². The molecular formula is C12H18N2O3S. The molecule has 5 nitrogen and oxygen atoms in total. The van der Waals surface area contributed by atoms with Gasteiger partial charge in [0.1, 0.15) is 0 Å². The predicted octanol–water partition coefficient (Wildman–Crippen LogP) is 0.847. The molecule has 0 unspecified atom stereocenters. The van der Waals surface area contributed by atoms with Crippen LogP contribution in [0.1, 0.15) is 24.0 Å². The van der Waals surface area contributed by atoms with Crippen molar-refractivity contribution in [3.63, 3.8) is 0 Å². The molecule has 1 amide bonds. The summed E-state index contributed by atoms with van der Waals surface area (Å²) in [5, 5.41) is 0. The number of nitrogens with one attached hydrogen (secondary N) is 1. The summed E-state index contributed by atoms with van der Waals surface area (Å²) in [6.07, 6.45) is 0.578. The van der Waals surface area contributed by atoms with Crippen LogP contribution in [-0.2, 0) is 14.8 Å². The molecule has 100 valence electrons. The van der Waals surface area contributed by atoms with Crippen LogP contribution in [0.15, 0.2) is 23.1 Å². The lowest BCUT2D eigenvalue weighted by Crippen LogP contribution is -2.26. The van der Waals surface area contributed by atoms with Gasteiger partial charge in [-0.2, -0.15) is 0 Å². The molecule has 0 aromatic heterocycles. The lowest BCUT2D eigenvalue weighted by molar-refractivity contribution is -0.118. The molecule has 0 heterocycles. The van der Waals surface area contributed by atoms with Gasteiger partial charge < -0.3 is 5.73 Å². The van der Waals surface area contributed by atoms with Crippen LogP contribution in [-0.4, -0.2) is 20.9 Å². The first-order valence-corrected chi connectivity index (χ1v) is 7.16. The summed E-state index contributed by atoms with van der Waals surface area (Å²) in [5.74, 6) is -0.430. The minimum absolute atomic E-state index is 0.176. The van der Waals surface area contributed by atoms with Crippen molar-refractivity contribution in [3.8, 4) is 0 Å². The maximum absolute atomic E-state index is 12.0. The van der Waals surface area contributed by atoms with Crippen molar-refractivity contribution >= 4 is 15.9 Å². The summed E-state index contributed by atoms with van der Waals surface area (Å²) in [5.41, 5.74) is 6.57. The van der Waals surface area contributed by atoms with Gasteiger partial charge in [0.25, 0.3) is 0 Å². The maximum atomic E-state index is 12.0. The second-order valence-electron chi connectivity index (χ2n) is 4.24. The summed E-state index contributed by atoms with van der Waals surface area (Å²) >= 11 is 0. The fraction of sp³-hybridized carbons (Fsp3) is 0.417. The number of amides is 1. The van der Waals surface area contributed by atoms with Gasteiger partial charge in [-0.25, -0.2) is 13.1 Å². The number of carbonyl (C=O) groups excluding carboxylic acids is 1. The van der Waals surface area contributed by atoms with Crippen LogP contribution in [0.4, 0.5) is 0 Å². The van der Waals surface area contributed by atoms with Gasteiger partial charge in [-0.05, 0) is 37.5 Å². The highest BCUT2D eigenvalue weighted by Gasteiger charge is 2.16. The highest BCUT2D eigenvalue weighted by molar-refractivity contribution is 7.89. The summed E-state index contributed by atoms with van der Waals surface area (Å²) in [4.78, 5) is 10.8. The molecule has 0 atom stereocenters. The molecule has 0 aliphatic rings. The number of hydrogen-bond donors (Lipinski definition) is 2. The summed E-state index contributed by atoms with van der Waals surface area (Å²) in [6.45, 7) is 3.79. The molecule has 0 radical (unpaired) electrons. The fourth-order valence-corrected chi connectivity index (χ4v) is 2.95. The third-order valence-electron chi connectivity index (χ3n) is 2.53. The highest BCUT2D eigenvalue weighted by Crippen LogP contribution is 2.16. The molecule has 3 N–H and O–H groups in total. The monoisotopic (exact) mass is 270 g/mol. The Morgan fingerprint density at radius 2 is 2.00 bits per heavy atom. The van der Waals surface area contributed by atoms with Gasteiger partial charge in [-0.1, -0.05) is 12.1 Å². The Morgan fingerprint density at radius 3 is 2.61 bits per heavy atom. The normalized spacial score (nSPS) is 11.4. The van der Waals surface area contributed by atoms with Crippen LogP contribution in [0.25, 0.3) is 0 Å². The standard InChI is InChI=1S/C12H18N2O3S/c1-9-5-6-10(2)11(8-9)18(16,17)14-7-3-4-12(13)15/h5-6,8,14H,3-4,7H2,1-2H3,(H2,13,15). The van der Waals surface area contributed by atoms with Crippen molar-refractivity contribution in [3.05, 3.63) is 29.3 Å². The van der Waals surface area contributed by atoms with Crippen molar-refractivity contribution in [1.29, 1.82) is 0 Å². The summed E-state index contributed by atoms with van der Waals surface area (Å²) in [7, 11) is -3.51. The van der Waals surface area contributed by atoms with Gasteiger partial charge in [-0.15, -0.1) is 0 Å².